The molecule has 0 radical (unpaired) electrons. The molecule has 1 aromatic rings. The van der Waals surface area contributed by atoms with E-state index in [0.29, 0.717) is 13.1 Å². The zero-order chi connectivity index (χ0) is 12.3. The minimum absolute atomic E-state index is 0.451. The highest BCUT2D eigenvalue weighted by atomic mass is 79.9. The summed E-state index contributed by atoms with van der Waals surface area (Å²) in [4.78, 5) is 17.2. The zero-order valence-corrected chi connectivity index (χ0v) is 10.9. The van der Waals surface area contributed by atoms with Crippen molar-refractivity contribution in [2.75, 3.05) is 19.6 Å². The molecule has 1 saturated heterocycles. The zero-order valence-electron chi connectivity index (χ0n) is 9.27. The van der Waals surface area contributed by atoms with Gasteiger partial charge < -0.3 is 10.4 Å². The summed E-state index contributed by atoms with van der Waals surface area (Å²) >= 11 is 3.28. The van der Waals surface area contributed by atoms with Crippen molar-refractivity contribution in [1.82, 2.24) is 15.2 Å². The molecule has 0 saturated carbocycles. The van der Waals surface area contributed by atoms with Crippen LogP contribution in [0.5, 0.6) is 0 Å². The van der Waals surface area contributed by atoms with Crippen molar-refractivity contribution in [3.63, 3.8) is 0 Å². The van der Waals surface area contributed by atoms with Crippen molar-refractivity contribution < 1.29 is 9.90 Å². The second kappa shape index (κ2) is 5.57. The van der Waals surface area contributed by atoms with Gasteiger partial charge in [-0.2, -0.15) is 0 Å². The molecule has 1 atom stereocenters. The van der Waals surface area contributed by atoms with E-state index >= 15 is 0 Å². The summed E-state index contributed by atoms with van der Waals surface area (Å²) in [7, 11) is 0. The first-order chi connectivity index (χ1) is 8.16. The molecule has 1 aromatic heterocycles. The highest BCUT2D eigenvalue weighted by Gasteiger charge is 2.27. The normalized spacial score (nSPS) is 21.4. The summed E-state index contributed by atoms with van der Waals surface area (Å²) in [5, 5.41) is 12.2. The monoisotopic (exact) mass is 299 g/mol. The van der Waals surface area contributed by atoms with E-state index in [1.807, 2.05) is 17.0 Å². The van der Waals surface area contributed by atoms with Crippen LogP contribution < -0.4 is 5.32 Å². The third-order valence-electron chi connectivity index (χ3n) is 2.81. The van der Waals surface area contributed by atoms with Crippen LogP contribution in [0, 0.1) is 0 Å². The Morgan fingerprint density at radius 1 is 1.65 bits per heavy atom. The third kappa shape index (κ3) is 3.24. The van der Waals surface area contributed by atoms with E-state index in [1.54, 1.807) is 6.20 Å². The number of halogens is 1. The molecule has 1 aliphatic rings. The van der Waals surface area contributed by atoms with Gasteiger partial charge in [0.2, 0.25) is 0 Å². The number of hydrogen-bond donors (Lipinski definition) is 2. The summed E-state index contributed by atoms with van der Waals surface area (Å²) in [6.07, 6.45) is 1.77. The van der Waals surface area contributed by atoms with Crippen LogP contribution in [-0.4, -0.2) is 46.6 Å². The van der Waals surface area contributed by atoms with Gasteiger partial charge in [-0.15, -0.1) is 0 Å². The van der Waals surface area contributed by atoms with Gasteiger partial charge >= 0.3 is 5.97 Å². The number of rotatable bonds is 3. The first-order valence-electron chi connectivity index (χ1n) is 5.45. The molecule has 2 rings (SSSR count). The third-order valence-corrected chi connectivity index (χ3v) is 3.28. The van der Waals surface area contributed by atoms with Crippen LogP contribution in [0.3, 0.4) is 0 Å². The van der Waals surface area contributed by atoms with E-state index < -0.39 is 12.0 Å². The molecule has 5 nitrogen and oxygen atoms in total. The van der Waals surface area contributed by atoms with Gasteiger partial charge in [-0.05, 0) is 27.6 Å². The maximum Gasteiger partial charge on any atom is 0.322 e. The van der Waals surface area contributed by atoms with Crippen LogP contribution >= 0.6 is 15.9 Å². The summed E-state index contributed by atoms with van der Waals surface area (Å²) in [6.45, 7) is 2.69. The lowest BCUT2D eigenvalue weighted by atomic mass is 10.1. The average Bonchev–Trinajstić information content (AvgIpc) is 2.32. The number of pyridine rings is 1. The molecule has 1 fully saturated rings. The maximum absolute atomic E-state index is 11.1. The fourth-order valence-electron chi connectivity index (χ4n) is 1.91. The smallest absolute Gasteiger partial charge is 0.322 e. The van der Waals surface area contributed by atoms with Crippen molar-refractivity contribution in [2.24, 2.45) is 0 Å². The lowest BCUT2D eigenvalue weighted by molar-refractivity contribution is -0.144. The van der Waals surface area contributed by atoms with Gasteiger partial charge in [0.1, 0.15) is 10.6 Å². The summed E-state index contributed by atoms with van der Waals surface area (Å²) in [6, 6.07) is 3.37. The number of aliphatic carboxylic acids is 1. The van der Waals surface area contributed by atoms with Gasteiger partial charge in [-0.3, -0.25) is 9.69 Å². The SMILES string of the molecule is O=C(O)C1CNCCN1Cc1ccc(Br)nc1. The molecule has 92 valence electrons. The minimum Gasteiger partial charge on any atom is -0.480 e. The molecule has 0 amide bonds. The number of hydrogen-bond acceptors (Lipinski definition) is 4. The molecule has 17 heavy (non-hydrogen) atoms. The number of nitrogens with zero attached hydrogens (tertiary/aromatic N) is 2. The van der Waals surface area contributed by atoms with Crippen LogP contribution in [-0.2, 0) is 11.3 Å². The number of aromatic nitrogens is 1. The van der Waals surface area contributed by atoms with E-state index in [9.17, 15) is 4.79 Å². The van der Waals surface area contributed by atoms with Crippen molar-refractivity contribution >= 4 is 21.9 Å². The molecule has 0 bridgehead atoms. The number of piperazine rings is 1. The molecule has 0 aromatic carbocycles. The summed E-state index contributed by atoms with van der Waals surface area (Å²) in [5.41, 5.74) is 1.03. The molecule has 6 heteroatoms. The standard InChI is InChI=1S/C11H14BrN3O2/c12-10-2-1-8(5-14-10)7-15-4-3-13-6-9(15)11(16)17/h1-2,5,9,13H,3-4,6-7H2,(H,16,17). The Bertz CT molecular complexity index is 396. The highest BCUT2D eigenvalue weighted by molar-refractivity contribution is 9.10. The molecule has 2 N–H and O–H groups in total. The quantitative estimate of drug-likeness (QED) is 0.805. The van der Waals surface area contributed by atoms with E-state index in [1.165, 1.54) is 0 Å². The topological polar surface area (TPSA) is 65.5 Å². The molecule has 0 aliphatic carbocycles. The number of carboxylic acids is 1. The van der Waals surface area contributed by atoms with Crippen LogP contribution in [0.4, 0.5) is 0 Å². The van der Waals surface area contributed by atoms with E-state index in [0.717, 1.165) is 23.3 Å². The molecular formula is C11H14BrN3O2. The second-order valence-corrected chi connectivity index (χ2v) is 4.83. The summed E-state index contributed by atoms with van der Waals surface area (Å²) in [5.74, 6) is -0.776. The minimum atomic E-state index is -0.776. The number of carboxylic acid groups (broad SMARTS) is 1. The predicted octanol–water partition coefficient (Wildman–Crippen LogP) is 0.703. The van der Waals surface area contributed by atoms with E-state index in [-0.39, 0.29) is 0 Å². The Morgan fingerprint density at radius 3 is 3.12 bits per heavy atom. The van der Waals surface area contributed by atoms with Crippen LogP contribution in [0.25, 0.3) is 0 Å². The Balaban J connectivity index is 2.05. The molecule has 0 spiro atoms. The van der Waals surface area contributed by atoms with Gasteiger partial charge in [0.25, 0.3) is 0 Å². The first-order valence-corrected chi connectivity index (χ1v) is 6.24. The van der Waals surface area contributed by atoms with Crippen LogP contribution in [0.15, 0.2) is 22.9 Å². The van der Waals surface area contributed by atoms with Crippen LogP contribution in [0.2, 0.25) is 0 Å². The average molecular weight is 300 g/mol. The Hall–Kier alpha value is -0.980. The largest absolute Gasteiger partial charge is 0.480 e. The van der Waals surface area contributed by atoms with E-state index in [2.05, 4.69) is 26.2 Å². The summed E-state index contributed by atoms with van der Waals surface area (Å²) < 4.78 is 0.788. The van der Waals surface area contributed by atoms with Gasteiger partial charge in [0.05, 0.1) is 0 Å². The van der Waals surface area contributed by atoms with Crippen molar-refractivity contribution in [3.8, 4) is 0 Å². The molecule has 2 heterocycles. The van der Waals surface area contributed by atoms with E-state index in [4.69, 9.17) is 5.11 Å². The lowest BCUT2D eigenvalue weighted by Crippen LogP contribution is -2.54. The highest BCUT2D eigenvalue weighted by Crippen LogP contribution is 2.12. The van der Waals surface area contributed by atoms with Gasteiger partial charge in [0, 0.05) is 32.4 Å². The predicted molar refractivity (Wildman–Crippen MR) is 66.6 cm³/mol. The van der Waals surface area contributed by atoms with Gasteiger partial charge in [-0.25, -0.2) is 4.98 Å². The Morgan fingerprint density at radius 2 is 2.47 bits per heavy atom. The lowest BCUT2D eigenvalue weighted by Gasteiger charge is -2.33. The van der Waals surface area contributed by atoms with Crippen molar-refractivity contribution in [1.29, 1.82) is 0 Å². The fraction of sp³-hybridized carbons (Fsp3) is 0.455. The second-order valence-electron chi connectivity index (χ2n) is 4.02. The maximum atomic E-state index is 11.1. The number of carbonyl (C=O) groups is 1. The fourth-order valence-corrected chi connectivity index (χ4v) is 2.15. The Labute approximate surface area is 108 Å². The molecule has 1 aliphatic heterocycles. The van der Waals surface area contributed by atoms with Crippen molar-refractivity contribution in [2.45, 2.75) is 12.6 Å². The van der Waals surface area contributed by atoms with Crippen molar-refractivity contribution in [3.05, 3.63) is 28.5 Å². The van der Waals surface area contributed by atoms with Crippen LogP contribution in [0.1, 0.15) is 5.56 Å². The number of nitrogens with one attached hydrogen (secondary N) is 1. The first kappa shape index (κ1) is 12.5. The Kier molecular flexibility index (Phi) is 4.09. The van der Waals surface area contributed by atoms with Gasteiger partial charge in [-0.1, -0.05) is 6.07 Å². The van der Waals surface area contributed by atoms with Gasteiger partial charge in [0.15, 0.2) is 0 Å². The molecular weight excluding hydrogens is 286 g/mol. The molecule has 1 unspecified atom stereocenters.